The molecule has 0 heterocycles. The SMILES string of the molecule is C#CCOc1ccc(CNNC(=O)C(O)c2ccc(Cl)cc2)cc1OC. The Bertz CT molecular complexity index is 787. The number of amides is 1. The van der Waals surface area contributed by atoms with Crippen molar-refractivity contribution >= 4 is 17.5 Å². The van der Waals surface area contributed by atoms with Crippen LogP contribution < -0.4 is 20.3 Å². The molecule has 2 aromatic carbocycles. The third kappa shape index (κ3) is 5.39. The molecule has 1 atom stereocenters. The standard InChI is InChI=1S/C19H19ClN2O4/c1-3-10-26-16-9-4-13(11-17(16)25-2)12-21-22-19(24)18(23)14-5-7-15(20)8-6-14/h1,4-9,11,18,21,23H,10,12H2,2H3,(H,22,24). The molecule has 0 saturated heterocycles. The molecule has 0 aliphatic rings. The van der Waals surface area contributed by atoms with E-state index in [1.54, 1.807) is 36.4 Å². The van der Waals surface area contributed by atoms with E-state index >= 15 is 0 Å². The normalized spacial score (nSPS) is 11.3. The molecule has 1 unspecified atom stereocenters. The average molecular weight is 375 g/mol. The average Bonchev–Trinajstić information content (AvgIpc) is 2.66. The quantitative estimate of drug-likeness (QED) is 0.487. The van der Waals surface area contributed by atoms with E-state index in [1.807, 2.05) is 6.07 Å². The van der Waals surface area contributed by atoms with Crippen molar-refractivity contribution in [2.24, 2.45) is 0 Å². The van der Waals surface area contributed by atoms with Crippen LogP contribution in [0, 0.1) is 12.3 Å². The van der Waals surface area contributed by atoms with E-state index in [2.05, 4.69) is 16.8 Å². The molecule has 2 aromatic rings. The lowest BCUT2D eigenvalue weighted by Gasteiger charge is -2.14. The van der Waals surface area contributed by atoms with Gasteiger partial charge in [0.25, 0.3) is 5.91 Å². The number of hydrazine groups is 1. The first-order valence-corrected chi connectivity index (χ1v) is 8.12. The van der Waals surface area contributed by atoms with Crippen molar-refractivity contribution in [1.82, 2.24) is 10.9 Å². The van der Waals surface area contributed by atoms with Gasteiger partial charge >= 0.3 is 0 Å². The second-order valence-electron chi connectivity index (χ2n) is 5.27. The summed E-state index contributed by atoms with van der Waals surface area (Å²) >= 11 is 5.79. The maximum atomic E-state index is 12.0. The predicted molar refractivity (Wildman–Crippen MR) is 98.7 cm³/mol. The van der Waals surface area contributed by atoms with Gasteiger partial charge in [-0.1, -0.05) is 35.7 Å². The Morgan fingerprint density at radius 1 is 1.27 bits per heavy atom. The highest BCUT2D eigenvalue weighted by Gasteiger charge is 2.16. The second kappa shape index (κ2) is 9.68. The summed E-state index contributed by atoms with van der Waals surface area (Å²) in [7, 11) is 1.53. The number of carbonyl (C=O) groups is 1. The molecule has 6 nitrogen and oxygen atoms in total. The Balaban J connectivity index is 1.89. The Labute approximate surface area is 157 Å². The Kier molecular flexibility index (Phi) is 7.30. The first-order valence-electron chi connectivity index (χ1n) is 7.74. The number of aliphatic hydroxyl groups is 1. The van der Waals surface area contributed by atoms with Gasteiger partial charge in [-0.3, -0.25) is 10.2 Å². The molecule has 1 amide bonds. The van der Waals surface area contributed by atoms with Crippen molar-refractivity contribution in [3.8, 4) is 23.8 Å². The summed E-state index contributed by atoms with van der Waals surface area (Å²) in [5, 5.41) is 10.6. The molecular formula is C19H19ClN2O4. The fourth-order valence-electron chi connectivity index (χ4n) is 2.16. The molecule has 0 aliphatic carbocycles. The number of nitrogens with one attached hydrogen (secondary N) is 2. The van der Waals surface area contributed by atoms with Crippen LogP contribution in [0.25, 0.3) is 0 Å². The number of rotatable bonds is 8. The third-order valence-corrected chi connectivity index (χ3v) is 3.73. The first kappa shape index (κ1) is 19.6. The van der Waals surface area contributed by atoms with Gasteiger partial charge in [-0.25, -0.2) is 5.43 Å². The van der Waals surface area contributed by atoms with Crippen LogP contribution in [0.2, 0.25) is 5.02 Å². The molecule has 26 heavy (non-hydrogen) atoms. The van der Waals surface area contributed by atoms with Gasteiger partial charge < -0.3 is 14.6 Å². The van der Waals surface area contributed by atoms with Gasteiger partial charge in [-0.2, -0.15) is 0 Å². The van der Waals surface area contributed by atoms with Crippen molar-refractivity contribution < 1.29 is 19.4 Å². The Hall–Kier alpha value is -2.72. The van der Waals surface area contributed by atoms with Gasteiger partial charge in [0.2, 0.25) is 0 Å². The van der Waals surface area contributed by atoms with Crippen LogP contribution in [-0.2, 0) is 11.3 Å². The molecule has 0 aliphatic heterocycles. The number of benzene rings is 2. The van der Waals surface area contributed by atoms with E-state index in [0.29, 0.717) is 28.6 Å². The lowest BCUT2D eigenvalue weighted by Crippen LogP contribution is -2.39. The van der Waals surface area contributed by atoms with E-state index in [9.17, 15) is 9.90 Å². The molecule has 7 heteroatoms. The summed E-state index contributed by atoms with van der Waals surface area (Å²) in [4.78, 5) is 12.0. The maximum absolute atomic E-state index is 12.0. The van der Waals surface area contributed by atoms with Crippen LogP contribution in [0.3, 0.4) is 0 Å². The topological polar surface area (TPSA) is 79.8 Å². The summed E-state index contributed by atoms with van der Waals surface area (Å²) < 4.78 is 10.6. The van der Waals surface area contributed by atoms with Gasteiger partial charge in [-0.05, 0) is 35.4 Å². The number of ether oxygens (including phenoxy) is 2. The maximum Gasteiger partial charge on any atom is 0.267 e. The van der Waals surface area contributed by atoms with Crippen LogP contribution >= 0.6 is 11.6 Å². The van der Waals surface area contributed by atoms with Crippen LogP contribution in [0.5, 0.6) is 11.5 Å². The van der Waals surface area contributed by atoms with Crippen LogP contribution in [-0.4, -0.2) is 24.7 Å². The summed E-state index contributed by atoms with van der Waals surface area (Å²) in [6, 6.07) is 11.7. The lowest BCUT2D eigenvalue weighted by atomic mass is 10.1. The lowest BCUT2D eigenvalue weighted by molar-refractivity contribution is -0.130. The van der Waals surface area contributed by atoms with E-state index in [1.165, 1.54) is 7.11 Å². The molecule has 0 radical (unpaired) electrons. The van der Waals surface area contributed by atoms with Crippen molar-refractivity contribution in [3.63, 3.8) is 0 Å². The molecule has 0 spiro atoms. The minimum Gasteiger partial charge on any atom is -0.493 e. The number of methoxy groups -OCH3 is 1. The van der Waals surface area contributed by atoms with Gasteiger partial charge in [-0.15, -0.1) is 6.42 Å². The molecule has 0 fully saturated rings. The third-order valence-electron chi connectivity index (χ3n) is 3.48. The smallest absolute Gasteiger partial charge is 0.267 e. The van der Waals surface area contributed by atoms with Crippen LogP contribution in [0.1, 0.15) is 17.2 Å². The summed E-state index contributed by atoms with van der Waals surface area (Å²) in [6.45, 7) is 0.470. The van der Waals surface area contributed by atoms with E-state index in [0.717, 1.165) is 5.56 Å². The van der Waals surface area contributed by atoms with E-state index < -0.39 is 12.0 Å². The monoisotopic (exact) mass is 374 g/mol. The zero-order chi connectivity index (χ0) is 18.9. The van der Waals surface area contributed by atoms with Crippen molar-refractivity contribution in [1.29, 1.82) is 0 Å². The zero-order valence-corrected chi connectivity index (χ0v) is 14.9. The van der Waals surface area contributed by atoms with Gasteiger partial charge in [0.1, 0.15) is 6.61 Å². The molecule has 0 aromatic heterocycles. The summed E-state index contributed by atoms with van der Waals surface area (Å²) in [6.07, 6.45) is 3.88. The van der Waals surface area contributed by atoms with Gasteiger partial charge in [0, 0.05) is 11.6 Å². The van der Waals surface area contributed by atoms with Crippen molar-refractivity contribution in [2.45, 2.75) is 12.6 Å². The molecule has 3 N–H and O–H groups in total. The number of carbonyl (C=O) groups excluding carboxylic acids is 1. The summed E-state index contributed by atoms with van der Waals surface area (Å²) in [5.41, 5.74) is 6.52. The Morgan fingerprint density at radius 3 is 2.65 bits per heavy atom. The summed E-state index contributed by atoms with van der Waals surface area (Å²) in [5.74, 6) is 2.88. The van der Waals surface area contributed by atoms with Crippen LogP contribution in [0.4, 0.5) is 0 Å². The second-order valence-corrected chi connectivity index (χ2v) is 5.71. The predicted octanol–water partition coefficient (Wildman–Crippen LogP) is 2.21. The fourth-order valence-corrected chi connectivity index (χ4v) is 2.28. The Morgan fingerprint density at radius 2 is 2.00 bits per heavy atom. The highest BCUT2D eigenvalue weighted by molar-refractivity contribution is 6.30. The minimum absolute atomic E-state index is 0.145. The number of hydrogen-bond acceptors (Lipinski definition) is 5. The molecule has 136 valence electrons. The first-order chi connectivity index (χ1) is 12.5. The number of terminal acetylenes is 1. The molecule has 0 bridgehead atoms. The number of halogens is 1. The molecule has 0 saturated carbocycles. The van der Waals surface area contributed by atoms with Gasteiger partial charge in [0.05, 0.1) is 7.11 Å². The van der Waals surface area contributed by atoms with Crippen molar-refractivity contribution in [2.75, 3.05) is 13.7 Å². The number of aliphatic hydroxyl groups excluding tert-OH is 1. The zero-order valence-electron chi connectivity index (χ0n) is 14.2. The molecular weight excluding hydrogens is 356 g/mol. The largest absolute Gasteiger partial charge is 0.493 e. The van der Waals surface area contributed by atoms with Crippen LogP contribution in [0.15, 0.2) is 42.5 Å². The molecule has 2 rings (SSSR count). The highest BCUT2D eigenvalue weighted by Crippen LogP contribution is 2.27. The van der Waals surface area contributed by atoms with E-state index in [-0.39, 0.29) is 6.61 Å². The minimum atomic E-state index is -1.30. The van der Waals surface area contributed by atoms with Gasteiger partial charge in [0.15, 0.2) is 17.6 Å². The number of hydrogen-bond donors (Lipinski definition) is 3. The van der Waals surface area contributed by atoms with Crippen molar-refractivity contribution in [3.05, 3.63) is 58.6 Å². The highest BCUT2D eigenvalue weighted by atomic mass is 35.5. The van der Waals surface area contributed by atoms with E-state index in [4.69, 9.17) is 27.5 Å². The fraction of sp³-hybridized carbons (Fsp3) is 0.211.